The van der Waals surface area contributed by atoms with Gasteiger partial charge in [-0.15, -0.1) is 5.10 Å². The summed E-state index contributed by atoms with van der Waals surface area (Å²) in [5, 5.41) is 11.7. The molecule has 3 heterocycles. The third kappa shape index (κ3) is 6.62. The van der Waals surface area contributed by atoms with Crippen molar-refractivity contribution in [2.24, 2.45) is 0 Å². The number of likely N-dealkylation sites (N-methyl/N-ethyl adjacent to an activating group) is 1. The number of halogens is 3. The fourth-order valence-corrected chi connectivity index (χ4v) is 5.06. The van der Waals surface area contributed by atoms with Gasteiger partial charge in [-0.3, -0.25) is 19.1 Å². The first kappa shape index (κ1) is 29.8. The molecule has 0 amide bonds. The van der Waals surface area contributed by atoms with Gasteiger partial charge in [0.05, 0.1) is 23.9 Å². The topological polar surface area (TPSA) is 110 Å². The van der Waals surface area contributed by atoms with E-state index in [1.165, 1.54) is 10.2 Å². The molecule has 0 radical (unpaired) electrons. The maximum Gasteiger partial charge on any atom is 0.490 e. The highest BCUT2D eigenvalue weighted by Crippen LogP contribution is 2.37. The quantitative estimate of drug-likeness (QED) is 0.462. The molecule has 41 heavy (non-hydrogen) atoms. The summed E-state index contributed by atoms with van der Waals surface area (Å²) < 4.78 is 40.3. The lowest BCUT2D eigenvalue weighted by Crippen LogP contribution is -2.53. The van der Waals surface area contributed by atoms with Crippen LogP contribution >= 0.6 is 0 Å². The summed E-state index contributed by atoms with van der Waals surface area (Å²) in [5.74, 6) is -1.31. The van der Waals surface area contributed by atoms with E-state index in [1.54, 1.807) is 16.7 Å². The molecular formula is C28H32F3N5O5. The average molecular weight is 576 g/mol. The van der Waals surface area contributed by atoms with E-state index in [9.17, 15) is 22.8 Å². The number of likely N-dealkylation sites (tertiary alicyclic amines) is 1. The number of fused-ring (bicyclic) bond motifs is 1. The van der Waals surface area contributed by atoms with Crippen molar-refractivity contribution in [3.8, 4) is 11.4 Å². The largest absolute Gasteiger partial charge is 0.491 e. The molecule has 10 nitrogen and oxygen atoms in total. The van der Waals surface area contributed by atoms with Crippen molar-refractivity contribution in [3.63, 3.8) is 0 Å². The molecule has 1 fully saturated rings. The molecule has 1 aromatic heterocycles. The van der Waals surface area contributed by atoms with Crippen LogP contribution in [0, 0.1) is 0 Å². The molecule has 3 aromatic rings. The molecule has 0 bridgehead atoms. The first-order chi connectivity index (χ1) is 19.3. The van der Waals surface area contributed by atoms with E-state index in [2.05, 4.69) is 27.0 Å². The standard InChI is InChI=1S/C26H31N5O3.C2HF3O2/c1-19(2)34-22-11-9-20(10-12-22)17-29-15-13-26(14-16-29)18-30-23(32)24(33)31(27-25(30)28(26)3)21-7-5-4-6-8-21;3-2(4,5)1(6)7/h4-12,19H,13-18H2,1-3H3;(H,6,7). The van der Waals surface area contributed by atoms with Crippen molar-refractivity contribution in [3.05, 3.63) is 80.9 Å². The van der Waals surface area contributed by atoms with Crippen molar-refractivity contribution >= 4 is 11.9 Å². The van der Waals surface area contributed by atoms with Crippen LogP contribution in [0.1, 0.15) is 32.3 Å². The van der Waals surface area contributed by atoms with Crippen LogP contribution in [0.25, 0.3) is 5.69 Å². The second-order valence-electron chi connectivity index (χ2n) is 10.4. The van der Waals surface area contributed by atoms with Crippen LogP contribution in [0.3, 0.4) is 0 Å². The van der Waals surface area contributed by atoms with Gasteiger partial charge >= 0.3 is 23.3 Å². The number of anilines is 1. The Kier molecular flexibility index (Phi) is 8.57. The van der Waals surface area contributed by atoms with Crippen LogP contribution in [-0.4, -0.2) is 68.3 Å². The van der Waals surface area contributed by atoms with Crippen LogP contribution in [0.4, 0.5) is 19.1 Å². The molecule has 0 unspecified atom stereocenters. The summed E-state index contributed by atoms with van der Waals surface area (Å²) in [4.78, 5) is 39.2. The number of carbonyl (C=O) groups is 1. The van der Waals surface area contributed by atoms with Crippen LogP contribution in [0.15, 0.2) is 64.2 Å². The van der Waals surface area contributed by atoms with Gasteiger partial charge in [-0.1, -0.05) is 30.3 Å². The van der Waals surface area contributed by atoms with E-state index < -0.39 is 23.3 Å². The zero-order chi connectivity index (χ0) is 29.9. The maximum atomic E-state index is 13.0. The van der Waals surface area contributed by atoms with E-state index in [0.717, 1.165) is 38.2 Å². The van der Waals surface area contributed by atoms with E-state index >= 15 is 0 Å². The Morgan fingerprint density at radius 1 is 1.02 bits per heavy atom. The van der Waals surface area contributed by atoms with Gasteiger partial charge < -0.3 is 14.7 Å². The highest BCUT2D eigenvalue weighted by molar-refractivity contribution is 5.73. The molecule has 5 rings (SSSR count). The van der Waals surface area contributed by atoms with Gasteiger partial charge in [0.1, 0.15) is 5.75 Å². The minimum absolute atomic E-state index is 0.165. The van der Waals surface area contributed by atoms with Crippen LogP contribution in [0.2, 0.25) is 0 Å². The number of aromatic nitrogens is 3. The molecule has 2 aromatic carbocycles. The normalized spacial score (nSPS) is 16.3. The number of aliphatic carboxylic acids is 1. The number of piperidine rings is 1. The second-order valence-corrected chi connectivity index (χ2v) is 10.4. The number of hydrogen-bond donors (Lipinski definition) is 1. The SMILES string of the molecule is CC(C)Oc1ccc(CN2CCC3(CC2)Cn2c(nn(-c4ccccc4)c(=O)c2=O)N3C)cc1.O=C(O)C(F)(F)F. The van der Waals surface area contributed by atoms with Crippen molar-refractivity contribution in [2.45, 2.75) is 57.6 Å². The predicted octanol–water partition coefficient (Wildman–Crippen LogP) is 3.30. The van der Waals surface area contributed by atoms with Gasteiger partial charge in [0.2, 0.25) is 5.95 Å². The number of nitrogens with zero attached hydrogens (tertiary/aromatic N) is 5. The minimum Gasteiger partial charge on any atom is -0.491 e. The van der Waals surface area contributed by atoms with Crippen LogP contribution in [-0.2, 0) is 17.9 Å². The van der Waals surface area contributed by atoms with Gasteiger partial charge in [0, 0.05) is 26.7 Å². The molecule has 2 aliphatic heterocycles. The fraction of sp³-hybridized carbons (Fsp3) is 0.429. The highest BCUT2D eigenvalue weighted by atomic mass is 19.4. The third-order valence-corrected chi connectivity index (χ3v) is 7.25. The zero-order valence-corrected chi connectivity index (χ0v) is 23.0. The van der Waals surface area contributed by atoms with E-state index in [-0.39, 0.29) is 11.6 Å². The van der Waals surface area contributed by atoms with Crippen molar-refractivity contribution in [1.82, 2.24) is 19.2 Å². The van der Waals surface area contributed by atoms with Crippen molar-refractivity contribution < 1.29 is 27.8 Å². The Labute approximate surface area is 234 Å². The lowest BCUT2D eigenvalue weighted by molar-refractivity contribution is -0.192. The van der Waals surface area contributed by atoms with Crippen LogP contribution in [0.5, 0.6) is 5.75 Å². The van der Waals surface area contributed by atoms with Crippen LogP contribution < -0.4 is 20.8 Å². The number of carboxylic acid groups (broad SMARTS) is 1. The predicted molar refractivity (Wildman–Crippen MR) is 146 cm³/mol. The Morgan fingerprint density at radius 3 is 2.15 bits per heavy atom. The number of carboxylic acids is 1. The Balaban J connectivity index is 0.000000493. The maximum absolute atomic E-state index is 13.0. The monoisotopic (exact) mass is 575 g/mol. The van der Waals surface area contributed by atoms with E-state index in [0.29, 0.717) is 18.2 Å². The summed E-state index contributed by atoms with van der Waals surface area (Å²) in [5.41, 5.74) is 0.536. The summed E-state index contributed by atoms with van der Waals surface area (Å²) >= 11 is 0. The van der Waals surface area contributed by atoms with Gasteiger partial charge in [0.15, 0.2) is 0 Å². The van der Waals surface area contributed by atoms with Gasteiger partial charge in [-0.25, -0.2) is 4.79 Å². The molecule has 220 valence electrons. The summed E-state index contributed by atoms with van der Waals surface area (Å²) in [7, 11) is 1.99. The van der Waals surface area contributed by atoms with Crippen molar-refractivity contribution in [2.75, 3.05) is 25.0 Å². The van der Waals surface area contributed by atoms with E-state index in [4.69, 9.17) is 14.6 Å². The molecule has 0 aliphatic carbocycles. The van der Waals surface area contributed by atoms with Gasteiger partial charge in [-0.05, 0) is 56.5 Å². The Morgan fingerprint density at radius 2 is 1.61 bits per heavy atom. The Hall–Kier alpha value is -4.13. The molecule has 13 heteroatoms. The number of hydrogen-bond acceptors (Lipinski definition) is 7. The first-order valence-corrected chi connectivity index (χ1v) is 13.1. The lowest BCUT2D eigenvalue weighted by Gasteiger charge is -2.43. The average Bonchev–Trinajstić information content (AvgIpc) is 3.20. The lowest BCUT2D eigenvalue weighted by atomic mass is 9.87. The molecule has 1 spiro atoms. The number of rotatable bonds is 5. The molecule has 1 N–H and O–H groups in total. The summed E-state index contributed by atoms with van der Waals surface area (Å²) in [6, 6.07) is 17.4. The number of para-hydroxylation sites is 1. The second kappa shape index (κ2) is 11.8. The van der Waals surface area contributed by atoms with Gasteiger partial charge in [0.25, 0.3) is 0 Å². The number of ether oxygens (including phenoxy) is 1. The van der Waals surface area contributed by atoms with E-state index in [1.807, 2.05) is 51.2 Å². The molecule has 0 atom stereocenters. The molecular weight excluding hydrogens is 543 g/mol. The van der Waals surface area contributed by atoms with Crippen molar-refractivity contribution in [1.29, 1.82) is 0 Å². The summed E-state index contributed by atoms with van der Waals surface area (Å²) in [6.45, 7) is 7.27. The van der Waals surface area contributed by atoms with Gasteiger partial charge in [-0.2, -0.15) is 17.9 Å². The fourth-order valence-electron chi connectivity index (χ4n) is 5.06. The Bertz CT molecular complexity index is 1480. The molecule has 0 saturated carbocycles. The number of benzene rings is 2. The third-order valence-electron chi connectivity index (χ3n) is 7.25. The minimum atomic E-state index is -5.08. The highest BCUT2D eigenvalue weighted by Gasteiger charge is 2.46. The molecule has 2 aliphatic rings. The summed E-state index contributed by atoms with van der Waals surface area (Å²) in [6.07, 6.45) is -3.11. The zero-order valence-electron chi connectivity index (χ0n) is 23.0. The number of alkyl halides is 3. The first-order valence-electron chi connectivity index (χ1n) is 13.1. The molecule has 1 saturated heterocycles. The smallest absolute Gasteiger partial charge is 0.490 e.